The number of hydrogen-bond acceptors (Lipinski definition) is 2. The molecule has 0 amide bonds. The molecule has 92 valence electrons. The van der Waals surface area contributed by atoms with Crippen LogP contribution in [0.2, 0.25) is 0 Å². The molecular formula is C15H21NO. The van der Waals surface area contributed by atoms with Crippen molar-refractivity contribution in [2.45, 2.75) is 51.2 Å². The summed E-state index contributed by atoms with van der Waals surface area (Å²) in [4.78, 5) is 0. The van der Waals surface area contributed by atoms with Crippen molar-refractivity contribution in [1.82, 2.24) is 5.32 Å². The van der Waals surface area contributed by atoms with Gasteiger partial charge in [-0.3, -0.25) is 0 Å². The first-order valence-electron chi connectivity index (χ1n) is 6.57. The van der Waals surface area contributed by atoms with Crippen LogP contribution in [0.15, 0.2) is 18.2 Å². The fraction of sp³-hybridized carbons (Fsp3) is 0.600. The van der Waals surface area contributed by atoms with Gasteiger partial charge in [-0.2, -0.15) is 0 Å². The summed E-state index contributed by atoms with van der Waals surface area (Å²) in [5.74, 6) is 1.13. The van der Waals surface area contributed by atoms with Crippen LogP contribution in [-0.4, -0.2) is 12.1 Å². The van der Waals surface area contributed by atoms with E-state index in [0.29, 0.717) is 0 Å². The molecule has 1 unspecified atom stereocenters. The summed E-state index contributed by atoms with van der Waals surface area (Å²) in [6, 6.07) is 6.59. The molecule has 0 aromatic heterocycles. The Kier molecular flexibility index (Phi) is 2.27. The Bertz CT molecular complexity index is 444. The van der Waals surface area contributed by atoms with Gasteiger partial charge in [-0.1, -0.05) is 18.2 Å². The normalized spacial score (nSPS) is 30.1. The zero-order valence-corrected chi connectivity index (χ0v) is 11.0. The van der Waals surface area contributed by atoms with Crippen LogP contribution in [0.5, 0.6) is 5.75 Å². The van der Waals surface area contributed by atoms with Crippen molar-refractivity contribution in [3.63, 3.8) is 0 Å². The summed E-state index contributed by atoms with van der Waals surface area (Å²) in [6.07, 6.45) is 3.48. The third kappa shape index (κ3) is 1.75. The Labute approximate surface area is 103 Å². The van der Waals surface area contributed by atoms with E-state index in [2.05, 4.69) is 44.3 Å². The number of nitrogens with one attached hydrogen (secondary N) is 1. The second-order valence-corrected chi connectivity index (χ2v) is 6.19. The molecule has 2 aliphatic heterocycles. The highest BCUT2D eigenvalue weighted by Crippen LogP contribution is 2.44. The maximum absolute atomic E-state index is 6.16. The summed E-state index contributed by atoms with van der Waals surface area (Å²) in [5.41, 5.74) is 2.76. The molecule has 1 fully saturated rings. The minimum atomic E-state index is -0.0482. The molecule has 17 heavy (non-hydrogen) atoms. The minimum absolute atomic E-state index is 0.0482. The molecule has 1 atom stereocenters. The Morgan fingerprint density at radius 2 is 2.06 bits per heavy atom. The lowest BCUT2D eigenvalue weighted by Gasteiger charge is -2.28. The first-order valence-corrected chi connectivity index (χ1v) is 6.57. The maximum atomic E-state index is 6.16. The summed E-state index contributed by atoms with van der Waals surface area (Å²) >= 11 is 0. The van der Waals surface area contributed by atoms with Crippen molar-refractivity contribution in [2.75, 3.05) is 6.54 Å². The van der Waals surface area contributed by atoms with E-state index in [1.54, 1.807) is 0 Å². The van der Waals surface area contributed by atoms with Gasteiger partial charge in [0.2, 0.25) is 0 Å². The second kappa shape index (κ2) is 3.49. The molecule has 2 heterocycles. The van der Waals surface area contributed by atoms with Crippen LogP contribution in [0, 0.1) is 0 Å². The molecular weight excluding hydrogens is 210 g/mol. The van der Waals surface area contributed by atoms with E-state index in [9.17, 15) is 0 Å². The smallest absolute Gasteiger partial charge is 0.128 e. The lowest BCUT2D eigenvalue weighted by atomic mass is 9.88. The fourth-order valence-corrected chi connectivity index (χ4v) is 3.17. The Morgan fingerprint density at radius 1 is 1.24 bits per heavy atom. The number of rotatable bonds is 1. The largest absolute Gasteiger partial charge is 0.487 e. The van der Waals surface area contributed by atoms with Crippen LogP contribution in [0.3, 0.4) is 0 Å². The van der Waals surface area contributed by atoms with Gasteiger partial charge in [0.15, 0.2) is 0 Å². The zero-order chi connectivity index (χ0) is 12.1. The third-order valence-corrected chi connectivity index (χ3v) is 4.05. The summed E-state index contributed by atoms with van der Waals surface area (Å²) < 4.78 is 6.16. The van der Waals surface area contributed by atoms with Crippen molar-refractivity contribution in [1.29, 1.82) is 0 Å². The van der Waals surface area contributed by atoms with Crippen LogP contribution >= 0.6 is 0 Å². The van der Waals surface area contributed by atoms with Crippen molar-refractivity contribution < 1.29 is 4.74 Å². The average molecular weight is 231 g/mol. The highest BCUT2D eigenvalue weighted by Gasteiger charge is 2.38. The Hall–Kier alpha value is -1.02. The first-order chi connectivity index (χ1) is 8.00. The monoisotopic (exact) mass is 231 g/mol. The molecule has 1 aromatic rings. The number of ether oxygens (including phenoxy) is 1. The first kappa shape index (κ1) is 11.1. The lowest BCUT2D eigenvalue weighted by Crippen LogP contribution is -2.34. The molecule has 2 heteroatoms. The molecule has 0 aliphatic carbocycles. The van der Waals surface area contributed by atoms with Crippen molar-refractivity contribution in [2.24, 2.45) is 0 Å². The molecule has 3 rings (SSSR count). The van der Waals surface area contributed by atoms with Crippen LogP contribution in [0.4, 0.5) is 0 Å². The molecule has 1 saturated heterocycles. The van der Waals surface area contributed by atoms with Crippen molar-refractivity contribution >= 4 is 0 Å². The SMILES string of the molecule is CC1(C)Cc2cccc(C3(C)CCCN3)c2O1. The van der Waals surface area contributed by atoms with Gasteiger partial charge < -0.3 is 10.1 Å². The van der Waals surface area contributed by atoms with Crippen LogP contribution < -0.4 is 10.1 Å². The molecule has 2 nitrogen and oxygen atoms in total. The quantitative estimate of drug-likeness (QED) is 0.802. The van der Waals surface area contributed by atoms with Crippen LogP contribution in [-0.2, 0) is 12.0 Å². The number of fused-ring (bicyclic) bond motifs is 1. The summed E-state index contributed by atoms with van der Waals surface area (Å²) in [5, 5.41) is 3.63. The summed E-state index contributed by atoms with van der Waals surface area (Å²) in [6.45, 7) is 7.75. The van der Waals surface area contributed by atoms with Gasteiger partial charge in [0.05, 0.1) is 0 Å². The maximum Gasteiger partial charge on any atom is 0.128 e. The fourth-order valence-electron chi connectivity index (χ4n) is 3.17. The number of hydrogen-bond donors (Lipinski definition) is 1. The van der Waals surface area contributed by atoms with E-state index < -0.39 is 0 Å². The highest BCUT2D eigenvalue weighted by atomic mass is 16.5. The van der Waals surface area contributed by atoms with Gasteiger partial charge in [-0.05, 0) is 45.7 Å². The van der Waals surface area contributed by atoms with Gasteiger partial charge in [0.25, 0.3) is 0 Å². The zero-order valence-electron chi connectivity index (χ0n) is 11.0. The van der Waals surface area contributed by atoms with Crippen LogP contribution in [0.1, 0.15) is 44.7 Å². The number of para-hydroxylation sites is 1. The summed E-state index contributed by atoms with van der Waals surface area (Å²) in [7, 11) is 0. The Balaban J connectivity index is 2.06. The lowest BCUT2D eigenvalue weighted by molar-refractivity contribution is 0.135. The molecule has 0 bridgehead atoms. The van der Waals surface area contributed by atoms with Gasteiger partial charge >= 0.3 is 0 Å². The third-order valence-electron chi connectivity index (χ3n) is 4.05. The van der Waals surface area contributed by atoms with E-state index >= 15 is 0 Å². The topological polar surface area (TPSA) is 21.3 Å². The second-order valence-electron chi connectivity index (χ2n) is 6.19. The molecule has 0 spiro atoms. The van der Waals surface area contributed by atoms with Gasteiger partial charge in [0, 0.05) is 17.5 Å². The molecule has 1 aromatic carbocycles. The standard InChI is InChI=1S/C15H21NO/c1-14(2)10-11-6-4-7-12(13(11)17-14)15(3)8-5-9-16-15/h4,6-7,16H,5,8-10H2,1-3H3. The van der Waals surface area contributed by atoms with Gasteiger partial charge in [-0.25, -0.2) is 0 Å². The number of benzene rings is 1. The molecule has 1 N–H and O–H groups in total. The van der Waals surface area contributed by atoms with E-state index in [1.165, 1.54) is 24.0 Å². The molecule has 0 radical (unpaired) electrons. The highest BCUT2D eigenvalue weighted by molar-refractivity contribution is 5.49. The minimum Gasteiger partial charge on any atom is -0.487 e. The average Bonchev–Trinajstić information content (AvgIpc) is 2.79. The van der Waals surface area contributed by atoms with E-state index in [0.717, 1.165) is 18.7 Å². The van der Waals surface area contributed by atoms with Crippen LogP contribution in [0.25, 0.3) is 0 Å². The van der Waals surface area contributed by atoms with E-state index in [4.69, 9.17) is 4.74 Å². The van der Waals surface area contributed by atoms with E-state index in [1.807, 2.05) is 0 Å². The van der Waals surface area contributed by atoms with Gasteiger partial charge in [-0.15, -0.1) is 0 Å². The predicted molar refractivity (Wildman–Crippen MR) is 69.4 cm³/mol. The Morgan fingerprint density at radius 3 is 2.76 bits per heavy atom. The van der Waals surface area contributed by atoms with Crippen molar-refractivity contribution in [3.8, 4) is 5.75 Å². The molecule has 2 aliphatic rings. The van der Waals surface area contributed by atoms with Gasteiger partial charge in [0.1, 0.15) is 11.4 Å². The molecule has 0 saturated carbocycles. The predicted octanol–water partition coefficient (Wildman–Crippen LogP) is 3.00. The van der Waals surface area contributed by atoms with Crippen molar-refractivity contribution in [3.05, 3.63) is 29.3 Å². The van der Waals surface area contributed by atoms with E-state index in [-0.39, 0.29) is 11.1 Å².